The molecule has 3 aliphatic heterocycles. The summed E-state index contributed by atoms with van der Waals surface area (Å²) in [5.74, 6) is -1.53. The van der Waals surface area contributed by atoms with Gasteiger partial charge in [0.25, 0.3) is 0 Å². The van der Waals surface area contributed by atoms with E-state index in [1.54, 1.807) is 6.92 Å². The molecular weight excluding hydrogens is 432 g/mol. The molecule has 0 aromatic carbocycles. The minimum absolute atomic E-state index is 0.0698. The average Bonchev–Trinajstić information content (AvgIpc) is 2.78. The largest absolute Gasteiger partial charge is 0.394 e. The SMILES string of the molecule is CO[C@H]1O[C@H](CO)[C@@H]([C@@H]2O[C@H](CO)[C@H](O)C[C@H]2C[C@@H]2O[C@@H](C)[C@@H](O)[C@@H](O)[C@@H]2O)[C@H](O)[C@H]1O. The standard InChI is InChI=1S/C20H36O12/c1-7-14(24)17(27)15(25)10(30-7)4-8-3-9(23)11(5-21)31-19(8)13-12(6-22)32-20(29-2)18(28)16(13)26/h7-28H,3-6H2,1-2H3/t7-,8-,9+,10-,11+,12+,13+,14+,15+,16-,17+,18+,19+,20-/m0/s1. The van der Waals surface area contributed by atoms with E-state index in [1.807, 2.05) is 0 Å². The molecule has 3 rings (SSSR count). The van der Waals surface area contributed by atoms with Crippen molar-refractivity contribution >= 4 is 0 Å². The molecule has 12 heteroatoms. The minimum Gasteiger partial charge on any atom is -0.394 e. The Morgan fingerprint density at radius 2 is 1.41 bits per heavy atom. The Kier molecular flexibility index (Phi) is 8.86. The molecule has 0 aromatic rings. The van der Waals surface area contributed by atoms with Gasteiger partial charge in [-0.25, -0.2) is 0 Å². The van der Waals surface area contributed by atoms with Crippen molar-refractivity contribution in [1.29, 1.82) is 0 Å². The van der Waals surface area contributed by atoms with Gasteiger partial charge in [0.15, 0.2) is 6.29 Å². The van der Waals surface area contributed by atoms with Crippen LogP contribution in [-0.4, -0.2) is 135 Å². The lowest BCUT2D eigenvalue weighted by Crippen LogP contribution is -2.63. The molecule has 0 bridgehead atoms. The molecule has 0 spiro atoms. The lowest BCUT2D eigenvalue weighted by Gasteiger charge is -2.50. The molecule has 0 aliphatic carbocycles. The summed E-state index contributed by atoms with van der Waals surface area (Å²) in [6, 6.07) is 0. The molecule has 0 aromatic heterocycles. The lowest BCUT2D eigenvalue weighted by atomic mass is 9.73. The van der Waals surface area contributed by atoms with Crippen LogP contribution in [0.1, 0.15) is 19.8 Å². The fraction of sp³-hybridized carbons (Fsp3) is 1.00. The summed E-state index contributed by atoms with van der Waals surface area (Å²) < 4.78 is 22.2. The Morgan fingerprint density at radius 1 is 0.750 bits per heavy atom. The third kappa shape index (κ3) is 4.97. The Morgan fingerprint density at radius 3 is 2.00 bits per heavy atom. The highest BCUT2D eigenvalue weighted by molar-refractivity contribution is 5.00. The molecule has 188 valence electrons. The number of hydrogen-bond acceptors (Lipinski definition) is 12. The van der Waals surface area contributed by atoms with E-state index in [0.29, 0.717) is 0 Å². The first kappa shape index (κ1) is 26.1. The highest BCUT2D eigenvalue weighted by atomic mass is 16.7. The van der Waals surface area contributed by atoms with Gasteiger partial charge in [0, 0.05) is 13.0 Å². The molecule has 0 unspecified atom stereocenters. The number of ether oxygens (including phenoxy) is 4. The predicted octanol–water partition coefficient (Wildman–Crippen LogP) is -3.92. The van der Waals surface area contributed by atoms with Gasteiger partial charge in [0.1, 0.15) is 30.5 Å². The number of aliphatic hydroxyl groups excluding tert-OH is 8. The second kappa shape index (κ2) is 10.8. The fourth-order valence-electron chi connectivity index (χ4n) is 5.15. The van der Waals surface area contributed by atoms with E-state index in [-0.39, 0.29) is 12.8 Å². The van der Waals surface area contributed by atoms with E-state index < -0.39 is 98.5 Å². The summed E-state index contributed by atoms with van der Waals surface area (Å²) in [5.41, 5.74) is 0. The average molecular weight is 468 g/mol. The number of hydrogen-bond donors (Lipinski definition) is 8. The Hall–Kier alpha value is -0.480. The van der Waals surface area contributed by atoms with E-state index >= 15 is 0 Å². The molecule has 14 atom stereocenters. The highest BCUT2D eigenvalue weighted by Crippen LogP contribution is 2.41. The van der Waals surface area contributed by atoms with Gasteiger partial charge < -0.3 is 59.8 Å². The Labute approximate surface area is 185 Å². The van der Waals surface area contributed by atoms with Crippen LogP contribution in [0.4, 0.5) is 0 Å². The molecule has 0 saturated carbocycles. The van der Waals surface area contributed by atoms with E-state index in [0.717, 1.165) is 0 Å². The summed E-state index contributed by atoms with van der Waals surface area (Å²) in [7, 11) is 1.29. The second-order valence-corrected chi connectivity index (χ2v) is 8.99. The molecule has 12 nitrogen and oxygen atoms in total. The number of aliphatic hydroxyl groups is 8. The number of methoxy groups -OCH3 is 1. The molecule has 3 saturated heterocycles. The Balaban J connectivity index is 1.86. The summed E-state index contributed by atoms with van der Waals surface area (Å²) in [6.45, 7) is 0.545. The van der Waals surface area contributed by atoms with E-state index in [4.69, 9.17) is 18.9 Å². The van der Waals surface area contributed by atoms with Crippen LogP contribution >= 0.6 is 0 Å². The number of rotatable bonds is 6. The smallest absolute Gasteiger partial charge is 0.186 e. The third-order valence-corrected chi connectivity index (χ3v) is 6.99. The van der Waals surface area contributed by atoms with Crippen molar-refractivity contribution in [3.05, 3.63) is 0 Å². The van der Waals surface area contributed by atoms with E-state index in [1.165, 1.54) is 7.11 Å². The van der Waals surface area contributed by atoms with Crippen molar-refractivity contribution in [2.45, 2.75) is 93.2 Å². The molecule has 0 radical (unpaired) electrons. The summed E-state index contributed by atoms with van der Waals surface area (Å²) in [6.07, 6.45) is -13.5. The minimum atomic E-state index is -1.44. The van der Waals surface area contributed by atoms with Gasteiger partial charge in [0.05, 0.1) is 49.8 Å². The zero-order chi connectivity index (χ0) is 23.7. The topological polar surface area (TPSA) is 199 Å². The second-order valence-electron chi connectivity index (χ2n) is 8.99. The van der Waals surface area contributed by atoms with Crippen LogP contribution in [0.5, 0.6) is 0 Å². The first-order chi connectivity index (χ1) is 15.1. The van der Waals surface area contributed by atoms with Gasteiger partial charge in [-0.1, -0.05) is 0 Å². The van der Waals surface area contributed by atoms with Crippen LogP contribution in [0.3, 0.4) is 0 Å². The van der Waals surface area contributed by atoms with Gasteiger partial charge in [-0.3, -0.25) is 0 Å². The fourth-order valence-corrected chi connectivity index (χ4v) is 5.15. The van der Waals surface area contributed by atoms with Gasteiger partial charge in [-0.2, -0.15) is 0 Å². The third-order valence-electron chi connectivity index (χ3n) is 6.99. The van der Waals surface area contributed by atoms with Crippen LogP contribution in [0.25, 0.3) is 0 Å². The van der Waals surface area contributed by atoms with Gasteiger partial charge in [0.2, 0.25) is 0 Å². The normalized spacial score (nSPS) is 52.7. The maximum absolute atomic E-state index is 10.8. The molecule has 32 heavy (non-hydrogen) atoms. The van der Waals surface area contributed by atoms with Crippen molar-refractivity contribution in [3.8, 4) is 0 Å². The van der Waals surface area contributed by atoms with Crippen LogP contribution in [0.2, 0.25) is 0 Å². The first-order valence-electron chi connectivity index (χ1n) is 10.9. The van der Waals surface area contributed by atoms with Crippen LogP contribution in [0.15, 0.2) is 0 Å². The van der Waals surface area contributed by atoms with E-state index in [2.05, 4.69) is 0 Å². The van der Waals surface area contributed by atoms with Gasteiger partial charge >= 0.3 is 0 Å². The van der Waals surface area contributed by atoms with Crippen LogP contribution in [-0.2, 0) is 18.9 Å². The summed E-state index contributed by atoms with van der Waals surface area (Å²) >= 11 is 0. The van der Waals surface area contributed by atoms with Crippen molar-refractivity contribution in [2.75, 3.05) is 20.3 Å². The van der Waals surface area contributed by atoms with Gasteiger partial charge in [-0.05, 0) is 25.7 Å². The maximum atomic E-state index is 10.8. The van der Waals surface area contributed by atoms with Gasteiger partial charge in [-0.15, -0.1) is 0 Å². The predicted molar refractivity (Wildman–Crippen MR) is 105 cm³/mol. The van der Waals surface area contributed by atoms with Crippen molar-refractivity contribution in [3.63, 3.8) is 0 Å². The molecular formula is C20H36O12. The van der Waals surface area contributed by atoms with Crippen molar-refractivity contribution in [1.82, 2.24) is 0 Å². The summed E-state index contributed by atoms with van der Waals surface area (Å²) in [5, 5.41) is 81.7. The molecule has 8 N–H and O–H groups in total. The lowest BCUT2D eigenvalue weighted by molar-refractivity contribution is -0.310. The van der Waals surface area contributed by atoms with Crippen molar-refractivity contribution < 1.29 is 59.8 Å². The van der Waals surface area contributed by atoms with Crippen LogP contribution < -0.4 is 0 Å². The zero-order valence-corrected chi connectivity index (χ0v) is 18.1. The molecule has 3 fully saturated rings. The molecule has 3 heterocycles. The van der Waals surface area contributed by atoms with Crippen LogP contribution in [0, 0.1) is 11.8 Å². The maximum Gasteiger partial charge on any atom is 0.186 e. The van der Waals surface area contributed by atoms with Crippen molar-refractivity contribution in [2.24, 2.45) is 11.8 Å². The monoisotopic (exact) mass is 468 g/mol. The highest BCUT2D eigenvalue weighted by Gasteiger charge is 2.54. The zero-order valence-electron chi connectivity index (χ0n) is 18.1. The molecule has 3 aliphatic rings. The molecule has 0 amide bonds. The Bertz CT molecular complexity index is 593. The van der Waals surface area contributed by atoms with E-state index in [9.17, 15) is 40.9 Å². The quantitative estimate of drug-likeness (QED) is 0.189. The first-order valence-corrected chi connectivity index (χ1v) is 10.9. The summed E-state index contributed by atoms with van der Waals surface area (Å²) in [4.78, 5) is 0.